The van der Waals surface area contributed by atoms with Gasteiger partial charge in [0.1, 0.15) is 23.4 Å². The molecule has 0 fully saturated rings. The highest BCUT2D eigenvalue weighted by molar-refractivity contribution is 5.93. The summed E-state index contributed by atoms with van der Waals surface area (Å²) in [6.45, 7) is 1.81. The molecule has 0 aliphatic rings. The van der Waals surface area contributed by atoms with E-state index in [1.54, 1.807) is 18.0 Å². The normalized spacial score (nSPS) is 11.8. The van der Waals surface area contributed by atoms with Gasteiger partial charge in [0.15, 0.2) is 0 Å². The van der Waals surface area contributed by atoms with Gasteiger partial charge in [-0.2, -0.15) is 0 Å². The Morgan fingerprint density at radius 1 is 1.14 bits per heavy atom. The number of hydrogen-bond donors (Lipinski definition) is 0. The van der Waals surface area contributed by atoms with Crippen LogP contribution in [0.1, 0.15) is 30.1 Å². The van der Waals surface area contributed by atoms with Gasteiger partial charge in [-0.15, -0.1) is 0 Å². The van der Waals surface area contributed by atoms with Crippen LogP contribution in [0.25, 0.3) is 11.4 Å². The first-order chi connectivity index (χ1) is 13.5. The smallest absolute Gasteiger partial charge is 0.306 e. The third-order valence-corrected chi connectivity index (χ3v) is 4.59. The summed E-state index contributed by atoms with van der Waals surface area (Å²) < 4.78 is 15.2. The average molecular weight is 383 g/mol. The standard InChI is InChI=1S/C20H21N3O5/c1-13-19(16-9-10-27-21-16)22-28-20(13)14(12-18(25)26-3)11-17(24)23(2)15-7-5-4-6-8-15/h4-10,14H,11-12H2,1-3H3. The number of carbonyl (C=O) groups is 2. The lowest BCUT2D eigenvalue weighted by molar-refractivity contribution is -0.141. The Labute approximate surface area is 162 Å². The Morgan fingerprint density at radius 2 is 1.89 bits per heavy atom. The molecule has 1 aromatic carbocycles. The summed E-state index contributed by atoms with van der Waals surface area (Å²) in [6.07, 6.45) is 1.50. The lowest BCUT2D eigenvalue weighted by atomic mass is 9.94. The molecule has 1 unspecified atom stereocenters. The Morgan fingerprint density at radius 3 is 2.54 bits per heavy atom. The summed E-state index contributed by atoms with van der Waals surface area (Å²) in [6, 6.07) is 10.9. The number of aromatic nitrogens is 2. The van der Waals surface area contributed by atoms with Crippen molar-refractivity contribution in [1.29, 1.82) is 0 Å². The zero-order valence-corrected chi connectivity index (χ0v) is 15.9. The molecule has 1 atom stereocenters. The van der Waals surface area contributed by atoms with Gasteiger partial charge < -0.3 is 18.7 Å². The van der Waals surface area contributed by atoms with Crippen molar-refractivity contribution in [3.8, 4) is 11.4 Å². The van der Waals surface area contributed by atoms with E-state index in [0.29, 0.717) is 22.7 Å². The van der Waals surface area contributed by atoms with E-state index in [4.69, 9.17) is 13.8 Å². The van der Waals surface area contributed by atoms with E-state index in [1.165, 1.54) is 13.4 Å². The molecule has 0 aliphatic carbocycles. The predicted molar refractivity (Wildman–Crippen MR) is 101 cm³/mol. The van der Waals surface area contributed by atoms with Crippen molar-refractivity contribution in [2.24, 2.45) is 0 Å². The molecule has 0 radical (unpaired) electrons. The van der Waals surface area contributed by atoms with Crippen LogP contribution in [0.4, 0.5) is 5.69 Å². The van der Waals surface area contributed by atoms with Crippen molar-refractivity contribution in [2.45, 2.75) is 25.7 Å². The quantitative estimate of drug-likeness (QED) is 0.577. The second kappa shape index (κ2) is 8.51. The van der Waals surface area contributed by atoms with Gasteiger partial charge in [0, 0.05) is 36.7 Å². The van der Waals surface area contributed by atoms with Crippen molar-refractivity contribution < 1.29 is 23.4 Å². The van der Waals surface area contributed by atoms with Crippen LogP contribution in [-0.2, 0) is 14.3 Å². The maximum atomic E-state index is 12.8. The van der Waals surface area contributed by atoms with Gasteiger partial charge in [-0.05, 0) is 19.1 Å². The van der Waals surface area contributed by atoms with Gasteiger partial charge in [-0.1, -0.05) is 28.5 Å². The topological polar surface area (TPSA) is 98.7 Å². The third-order valence-electron chi connectivity index (χ3n) is 4.59. The van der Waals surface area contributed by atoms with Crippen molar-refractivity contribution in [3.05, 3.63) is 54.0 Å². The van der Waals surface area contributed by atoms with E-state index in [2.05, 4.69) is 10.3 Å². The Balaban J connectivity index is 1.85. The zero-order chi connectivity index (χ0) is 20.1. The van der Waals surface area contributed by atoms with Gasteiger partial charge in [0.25, 0.3) is 0 Å². The number of amides is 1. The fourth-order valence-electron chi connectivity index (χ4n) is 2.99. The fourth-order valence-corrected chi connectivity index (χ4v) is 2.99. The Bertz CT molecular complexity index is 934. The maximum Gasteiger partial charge on any atom is 0.306 e. The predicted octanol–water partition coefficient (Wildman–Crippen LogP) is 3.34. The second-order valence-electron chi connectivity index (χ2n) is 6.37. The minimum atomic E-state index is -0.515. The van der Waals surface area contributed by atoms with Gasteiger partial charge >= 0.3 is 5.97 Å². The van der Waals surface area contributed by atoms with Crippen LogP contribution in [0.2, 0.25) is 0 Å². The third kappa shape index (κ3) is 4.11. The molecule has 2 heterocycles. The number of anilines is 1. The largest absolute Gasteiger partial charge is 0.469 e. The van der Waals surface area contributed by atoms with Crippen LogP contribution in [0, 0.1) is 6.92 Å². The Hall–Kier alpha value is -3.42. The molecule has 2 aromatic heterocycles. The summed E-state index contributed by atoms with van der Waals surface area (Å²) in [7, 11) is 3.01. The molecule has 0 spiro atoms. The monoisotopic (exact) mass is 383 g/mol. The van der Waals surface area contributed by atoms with Crippen molar-refractivity contribution >= 4 is 17.6 Å². The van der Waals surface area contributed by atoms with Crippen LogP contribution < -0.4 is 4.90 Å². The first-order valence-electron chi connectivity index (χ1n) is 8.76. The number of hydrogen-bond acceptors (Lipinski definition) is 7. The van der Waals surface area contributed by atoms with Crippen LogP contribution in [0.3, 0.4) is 0 Å². The molecule has 1 amide bonds. The summed E-state index contributed by atoms with van der Waals surface area (Å²) in [5, 5.41) is 7.91. The number of para-hydroxylation sites is 1. The molecule has 8 nitrogen and oxygen atoms in total. The summed E-state index contributed by atoms with van der Waals surface area (Å²) >= 11 is 0. The van der Waals surface area contributed by atoms with Crippen molar-refractivity contribution in [3.63, 3.8) is 0 Å². The number of methoxy groups -OCH3 is 1. The molecular weight excluding hydrogens is 362 g/mol. The highest BCUT2D eigenvalue weighted by Gasteiger charge is 2.29. The van der Waals surface area contributed by atoms with Gasteiger partial charge in [0.05, 0.1) is 13.5 Å². The molecule has 0 saturated heterocycles. The number of rotatable bonds is 7. The molecule has 8 heteroatoms. The van der Waals surface area contributed by atoms with E-state index in [1.807, 2.05) is 37.3 Å². The van der Waals surface area contributed by atoms with E-state index >= 15 is 0 Å². The highest BCUT2D eigenvalue weighted by atomic mass is 16.5. The number of carbonyl (C=O) groups excluding carboxylic acids is 2. The SMILES string of the molecule is COC(=O)CC(CC(=O)N(C)c1ccccc1)c1onc(-c2ccon2)c1C. The lowest BCUT2D eigenvalue weighted by Crippen LogP contribution is -2.28. The first kappa shape index (κ1) is 19.3. The molecule has 3 rings (SSSR count). The van der Waals surface area contributed by atoms with Crippen LogP contribution in [-0.4, -0.2) is 36.3 Å². The van der Waals surface area contributed by atoms with Crippen LogP contribution >= 0.6 is 0 Å². The maximum absolute atomic E-state index is 12.8. The average Bonchev–Trinajstić information content (AvgIpc) is 3.36. The van der Waals surface area contributed by atoms with E-state index in [9.17, 15) is 9.59 Å². The second-order valence-corrected chi connectivity index (χ2v) is 6.37. The fraction of sp³-hybridized carbons (Fsp3) is 0.300. The zero-order valence-electron chi connectivity index (χ0n) is 15.9. The van der Waals surface area contributed by atoms with Crippen LogP contribution in [0.15, 0.2) is 51.7 Å². The minimum absolute atomic E-state index is 0.000835. The van der Waals surface area contributed by atoms with E-state index in [-0.39, 0.29) is 18.7 Å². The number of ether oxygens (including phenoxy) is 1. The number of esters is 1. The molecule has 146 valence electrons. The molecule has 0 bridgehead atoms. The minimum Gasteiger partial charge on any atom is -0.469 e. The van der Waals surface area contributed by atoms with Crippen LogP contribution in [0.5, 0.6) is 0 Å². The Kier molecular flexibility index (Phi) is 5.88. The van der Waals surface area contributed by atoms with Gasteiger partial charge in [0.2, 0.25) is 5.91 Å². The van der Waals surface area contributed by atoms with Crippen molar-refractivity contribution in [2.75, 3.05) is 19.1 Å². The van der Waals surface area contributed by atoms with Crippen molar-refractivity contribution in [1.82, 2.24) is 10.3 Å². The summed E-state index contributed by atoms with van der Waals surface area (Å²) in [4.78, 5) is 26.3. The lowest BCUT2D eigenvalue weighted by Gasteiger charge is -2.20. The summed E-state index contributed by atoms with van der Waals surface area (Å²) in [5.41, 5.74) is 2.51. The number of benzene rings is 1. The number of nitrogens with zero attached hydrogens (tertiary/aromatic N) is 3. The molecular formula is C20H21N3O5. The van der Waals surface area contributed by atoms with E-state index in [0.717, 1.165) is 5.69 Å². The molecule has 0 aliphatic heterocycles. The van der Waals surface area contributed by atoms with Gasteiger partial charge in [-0.3, -0.25) is 9.59 Å². The van der Waals surface area contributed by atoms with E-state index < -0.39 is 11.9 Å². The molecule has 28 heavy (non-hydrogen) atoms. The molecule has 3 aromatic rings. The highest BCUT2D eigenvalue weighted by Crippen LogP contribution is 2.33. The summed E-state index contributed by atoms with van der Waals surface area (Å²) in [5.74, 6) is -0.643. The van der Waals surface area contributed by atoms with Gasteiger partial charge in [-0.25, -0.2) is 0 Å². The first-order valence-corrected chi connectivity index (χ1v) is 8.76. The molecule has 0 saturated carbocycles. The molecule has 0 N–H and O–H groups in total.